The molecule has 0 aliphatic heterocycles. The summed E-state index contributed by atoms with van der Waals surface area (Å²) in [5, 5.41) is 5.31. The lowest BCUT2D eigenvalue weighted by molar-refractivity contribution is -0.117. The minimum atomic E-state index is -0.521. The van der Waals surface area contributed by atoms with Crippen molar-refractivity contribution in [1.82, 2.24) is 10.6 Å². The third-order valence-electron chi connectivity index (χ3n) is 4.31. The maximum Gasteiger partial charge on any atom is 0.268 e. The largest absolute Gasteiger partial charge is 0.465 e. The summed E-state index contributed by atoms with van der Waals surface area (Å²) in [5.74, 6) is -0.914. The Morgan fingerprint density at radius 2 is 1.83 bits per heavy atom. The zero-order valence-electron chi connectivity index (χ0n) is 16.7. The van der Waals surface area contributed by atoms with Crippen molar-refractivity contribution < 1.29 is 18.4 Å². The molecule has 0 radical (unpaired) electrons. The van der Waals surface area contributed by atoms with Gasteiger partial charge in [-0.1, -0.05) is 24.3 Å². The third kappa shape index (κ3) is 5.35. The third-order valence-corrected chi connectivity index (χ3v) is 4.31. The fraction of sp³-hybridized carbons (Fsp3) is 0.130. The molecule has 154 valence electrons. The van der Waals surface area contributed by atoms with E-state index in [1.165, 1.54) is 18.4 Å². The van der Waals surface area contributed by atoms with Crippen molar-refractivity contribution in [2.75, 3.05) is 19.0 Å². The number of nitrogens with zero attached hydrogens (tertiary/aromatic N) is 1. The Bertz CT molecular complexity index is 1040. The molecule has 1 heterocycles. The fourth-order valence-electron chi connectivity index (χ4n) is 2.76. The molecule has 3 rings (SSSR count). The van der Waals surface area contributed by atoms with Crippen LogP contribution in [0.2, 0.25) is 0 Å². The lowest BCUT2D eigenvalue weighted by atomic mass is 10.1. The number of nitrogens with one attached hydrogen (secondary N) is 2. The lowest BCUT2D eigenvalue weighted by Crippen LogP contribution is -2.34. The van der Waals surface area contributed by atoms with E-state index < -0.39 is 11.8 Å². The van der Waals surface area contributed by atoms with E-state index in [-0.39, 0.29) is 18.1 Å². The molecule has 0 saturated heterocycles. The summed E-state index contributed by atoms with van der Waals surface area (Å²) in [6.07, 6.45) is 2.90. The van der Waals surface area contributed by atoms with Crippen LogP contribution in [0, 0.1) is 5.82 Å². The van der Waals surface area contributed by atoms with Crippen molar-refractivity contribution in [3.05, 3.63) is 95.3 Å². The average molecular weight is 407 g/mol. The highest BCUT2D eigenvalue weighted by Gasteiger charge is 2.15. The number of carbonyl (C=O) groups excluding carboxylic acids is 2. The molecule has 2 aromatic carbocycles. The number of amides is 2. The number of halogens is 1. The zero-order chi connectivity index (χ0) is 21.5. The Labute approximate surface area is 174 Å². The molecule has 2 N–H and O–H groups in total. The molecule has 0 aliphatic carbocycles. The van der Waals surface area contributed by atoms with E-state index in [0.29, 0.717) is 22.6 Å². The summed E-state index contributed by atoms with van der Waals surface area (Å²) in [4.78, 5) is 26.9. The summed E-state index contributed by atoms with van der Waals surface area (Å²) in [7, 11) is 3.50. The van der Waals surface area contributed by atoms with Gasteiger partial charge in [0.05, 0.1) is 12.0 Å². The lowest BCUT2D eigenvalue weighted by Gasteiger charge is -2.15. The molecule has 30 heavy (non-hydrogen) atoms. The van der Waals surface area contributed by atoms with Gasteiger partial charge >= 0.3 is 0 Å². The standard InChI is InChI=1S/C23H22FN3O3/c1-27(2)21-11-10-16(13-19(21)24)15-25-23(29)20(14-18-9-6-12-30-18)26-22(28)17-7-4-3-5-8-17/h3-14H,15H2,1-2H3,(H,25,29)(H,26,28). The van der Waals surface area contributed by atoms with E-state index in [1.54, 1.807) is 73.6 Å². The number of hydrogen-bond donors (Lipinski definition) is 2. The first-order chi connectivity index (χ1) is 14.4. The van der Waals surface area contributed by atoms with Gasteiger partial charge in [0.1, 0.15) is 17.3 Å². The van der Waals surface area contributed by atoms with Gasteiger partial charge in [-0.2, -0.15) is 0 Å². The zero-order valence-corrected chi connectivity index (χ0v) is 16.7. The first-order valence-corrected chi connectivity index (χ1v) is 9.29. The van der Waals surface area contributed by atoms with Crippen molar-refractivity contribution in [2.24, 2.45) is 0 Å². The molecule has 0 fully saturated rings. The number of hydrogen-bond acceptors (Lipinski definition) is 4. The van der Waals surface area contributed by atoms with E-state index in [9.17, 15) is 14.0 Å². The van der Waals surface area contributed by atoms with Crippen molar-refractivity contribution >= 4 is 23.6 Å². The summed E-state index contributed by atoms with van der Waals surface area (Å²) in [5.41, 5.74) is 1.48. The summed E-state index contributed by atoms with van der Waals surface area (Å²) in [6, 6.07) is 16.6. The molecule has 2 amide bonds. The van der Waals surface area contributed by atoms with Crippen molar-refractivity contribution in [3.8, 4) is 0 Å². The normalized spacial score (nSPS) is 11.1. The molecule has 0 saturated carbocycles. The van der Waals surface area contributed by atoms with Crippen LogP contribution in [0.1, 0.15) is 21.7 Å². The maximum atomic E-state index is 14.2. The van der Waals surface area contributed by atoms with Crippen molar-refractivity contribution in [2.45, 2.75) is 6.54 Å². The number of furan rings is 1. The Morgan fingerprint density at radius 3 is 2.47 bits per heavy atom. The second-order valence-electron chi connectivity index (χ2n) is 6.76. The summed E-state index contributed by atoms with van der Waals surface area (Å²) in [6.45, 7) is 0.0974. The average Bonchev–Trinajstić information content (AvgIpc) is 3.25. The number of carbonyl (C=O) groups is 2. The number of rotatable bonds is 7. The molecule has 0 aliphatic rings. The van der Waals surface area contributed by atoms with Crippen molar-refractivity contribution in [1.29, 1.82) is 0 Å². The Morgan fingerprint density at radius 1 is 1.07 bits per heavy atom. The number of benzene rings is 2. The summed E-state index contributed by atoms with van der Waals surface area (Å²) < 4.78 is 19.4. The van der Waals surface area contributed by atoms with Crippen LogP contribution in [0.5, 0.6) is 0 Å². The Kier molecular flexibility index (Phi) is 6.64. The smallest absolute Gasteiger partial charge is 0.268 e. The predicted molar refractivity (Wildman–Crippen MR) is 113 cm³/mol. The second-order valence-corrected chi connectivity index (χ2v) is 6.76. The molecule has 0 bridgehead atoms. The van der Waals surface area contributed by atoms with Crippen LogP contribution in [-0.4, -0.2) is 25.9 Å². The van der Waals surface area contributed by atoms with Crippen molar-refractivity contribution in [3.63, 3.8) is 0 Å². The minimum Gasteiger partial charge on any atom is -0.465 e. The molecule has 6 nitrogen and oxygen atoms in total. The molecule has 7 heteroatoms. The molecule has 1 aromatic heterocycles. The van der Waals surface area contributed by atoms with E-state index in [1.807, 2.05) is 0 Å². The maximum absolute atomic E-state index is 14.2. The Hall–Kier alpha value is -3.87. The van der Waals surface area contributed by atoms with Crippen LogP contribution in [0.3, 0.4) is 0 Å². The number of anilines is 1. The van der Waals surface area contributed by atoms with Gasteiger partial charge in [-0.25, -0.2) is 4.39 Å². The van der Waals surface area contributed by atoms with E-state index in [0.717, 1.165) is 0 Å². The highest BCUT2D eigenvalue weighted by atomic mass is 19.1. The van der Waals surface area contributed by atoms with Gasteiger partial charge in [-0.05, 0) is 42.0 Å². The van der Waals surface area contributed by atoms with Crippen LogP contribution >= 0.6 is 0 Å². The molecular formula is C23H22FN3O3. The van der Waals surface area contributed by atoms with E-state index in [2.05, 4.69) is 10.6 Å². The van der Waals surface area contributed by atoms with Crippen LogP contribution in [0.4, 0.5) is 10.1 Å². The Balaban J connectivity index is 1.74. The molecule has 0 spiro atoms. The molecule has 0 atom stereocenters. The van der Waals surface area contributed by atoms with Gasteiger partial charge in [0, 0.05) is 32.3 Å². The van der Waals surface area contributed by atoms with Gasteiger partial charge in [-0.15, -0.1) is 0 Å². The first-order valence-electron chi connectivity index (χ1n) is 9.29. The van der Waals surface area contributed by atoms with Crippen LogP contribution in [0.15, 0.2) is 77.0 Å². The van der Waals surface area contributed by atoms with Crippen LogP contribution in [-0.2, 0) is 11.3 Å². The predicted octanol–water partition coefficient (Wildman–Crippen LogP) is 3.57. The van der Waals surface area contributed by atoms with Crippen LogP contribution < -0.4 is 15.5 Å². The molecular weight excluding hydrogens is 385 g/mol. The monoisotopic (exact) mass is 407 g/mol. The highest BCUT2D eigenvalue weighted by molar-refractivity contribution is 6.05. The first kappa shape index (κ1) is 20.9. The van der Waals surface area contributed by atoms with Gasteiger partial charge in [-0.3, -0.25) is 9.59 Å². The van der Waals surface area contributed by atoms with Gasteiger partial charge in [0.2, 0.25) is 0 Å². The molecule has 3 aromatic rings. The van der Waals surface area contributed by atoms with E-state index >= 15 is 0 Å². The summed E-state index contributed by atoms with van der Waals surface area (Å²) >= 11 is 0. The van der Waals surface area contributed by atoms with Gasteiger partial charge in [0.15, 0.2) is 0 Å². The topological polar surface area (TPSA) is 74.6 Å². The van der Waals surface area contributed by atoms with Gasteiger partial charge < -0.3 is 20.0 Å². The van der Waals surface area contributed by atoms with Crippen LogP contribution in [0.25, 0.3) is 6.08 Å². The molecule has 0 unspecified atom stereocenters. The quantitative estimate of drug-likeness (QED) is 0.587. The SMILES string of the molecule is CN(C)c1ccc(CNC(=O)C(=Cc2ccco2)NC(=O)c2ccccc2)cc1F. The minimum absolute atomic E-state index is 0.0178. The van der Waals surface area contributed by atoms with Gasteiger partial charge in [0.25, 0.3) is 11.8 Å². The second kappa shape index (κ2) is 9.56. The van der Waals surface area contributed by atoms with E-state index in [4.69, 9.17) is 4.42 Å². The highest BCUT2D eigenvalue weighted by Crippen LogP contribution is 2.18. The fourth-order valence-corrected chi connectivity index (χ4v) is 2.76.